The van der Waals surface area contributed by atoms with E-state index in [0.717, 1.165) is 0 Å². The zero-order chi connectivity index (χ0) is 13.0. The molecule has 0 saturated carbocycles. The lowest BCUT2D eigenvalue weighted by Crippen LogP contribution is -2.15. The van der Waals surface area contributed by atoms with Crippen LogP contribution in [0.4, 0.5) is 0 Å². The zero-order valence-electron chi connectivity index (χ0n) is 10.1. The molecule has 0 amide bonds. The number of rotatable bonds is 4. The largest absolute Gasteiger partial charge is 0.466 e. The molecule has 0 aliphatic heterocycles. The standard InChI is InChI=1S/C13H16O4/c1-5-8-7-9(6-2)11(13(15)17-4)10(8)12(14)16-3/h5-6,8-9H,1-2,7H2,3-4H3. The minimum Gasteiger partial charge on any atom is -0.466 e. The van der Waals surface area contributed by atoms with Crippen molar-refractivity contribution in [2.75, 3.05) is 14.2 Å². The second kappa shape index (κ2) is 5.48. The highest BCUT2D eigenvalue weighted by Crippen LogP contribution is 2.39. The maximum Gasteiger partial charge on any atom is 0.334 e. The quantitative estimate of drug-likeness (QED) is 0.550. The van der Waals surface area contributed by atoms with E-state index < -0.39 is 11.9 Å². The van der Waals surface area contributed by atoms with Gasteiger partial charge in [0.25, 0.3) is 0 Å². The summed E-state index contributed by atoms with van der Waals surface area (Å²) in [6, 6.07) is 0. The molecule has 0 N–H and O–H groups in total. The van der Waals surface area contributed by atoms with Crippen LogP contribution in [0.25, 0.3) is 0 Å². The number of esters is 2. The molecule has 4 heteroatoms. The van der Waals surface area contributed by atoms with E-state index in [1.165, 1.54) is 14.2 Å². The first-order valence-corrected chi connectivity index (χ1v) is 5.26. The van der Waals surface area contributed by atoms with Gasteiger partial charge in [0, 0.05) is 11.8 Å². The first-order valence-electron chi connectivity index (χ1n) is 5.26. The van der Waals surface area contributed by atoms with Crippen molar-refractivity contribution in [3.63, 3.8) is 0 Å². The van der Waals surface area contributed by atoms with Crippen molar-refractivity contribution >= 4 is 11.9 Å². The Labute approximate surface area is 101 Å². The molecule has 0 radical (unpaired) electrons. The minimum atomic E-state index is -0.514. The molecule has 0 aromatic carbocycles. The van der Waals surface area contributed by atoms with Crippen LogP contribution < -0.4 is 0 Å². The number of allylic oxidation sites excluding steroid dienone is 2. The SMILES string of the molecule is C=CC1CC(C=C)C(C(=O)OC)=C1C(=O)OC. The number of hydrogen-bond donors (Lipinski definition) is 0. The second-order valence-electron chi connectivity index (χ2n) is 3.73. The number of ether oxygens (including phenoxy) is 2. The average molecular weight is 236 g/mol. The Morgan fingerprint density at radius 1 is 1.06 bits per heavy atom. The zero-order valence-corrected chi connectivity index (χ0v) is 10.1. The highest BCUT2D eigenvalue weighted by molar-refractivity contribution is 6.02. The van der Waals surface area contributed by atoms with Gasteiger partial charge in [0.2, 0.25) is 0 Å². The van der Waals surface area contributed by atoms with Crippen molar-refractivity contribution < 1.29 is 19.1 Å². The summed E-state index contributed by atoms with van der Waals surface area (Å²) in [5.74, 6) is -1.42. The summed E-state index contributed by atoms with van der Waals surface area (Å²) in [7, 11) is 2.57. The van der Waals surface area contributed by atoms with Crippen LogP contribution in [0.1, 0.15) is 6.42 Å². The molecule has 92 valence electrons. The Hall–Kier alpha value is -1.84. The molecule has 0 heterocycles. The van der Waals surface area contributed by atoms with Gasteiger partial charge in [0.15, 0.2) is 0 Å². The lowest BCUT2D eigenvalue weighted by Gasteiger charge is -2.08. The molecule has 2 unspecified atom stereocenters. The molecule has 0 aromatic heterocycles. The smallest absolute Gasteiger partial charge is 0.334 e. The first-order chi connectivity index (χ1) is 8.10. The maximum absolute atomic E-state index is 11.7. The Morgan fingerprint density at radius 3 is 1.65 bits per heavy atom. The fraction of sp³-hybridized carbons (Fsp3) is 0.385. The van der Waals surface area contributed by atoms with Crippen LogP contribution in [-0.4, -0.2) is 26.2 Å². The van der Waals surface area contributed by atoms with Gasteiger partial charge in [-0.05, 0) is 6.42 Å². The molecule has 0 aromatic rings. The molecule has 1 rings (SSSR count). The van der Waals surface area contributed by atoms with Gasteiger partial charge in [-0.15, -0.1) is 13.2 Å². The highest BCUT2D eigenvalue weighted by atomic mass is 16.5. The van der Waals surface area contributed by atoms with E-state index in [9.17, 15) is 9.59 Å². The monoisotopic (exact) mass is 236 g/mol. The molecule has 4 nitrogen and oxygen atoms in total. The molecule has 0 bridgehead atoms. The van der Waals surface area contributed by atoms with E-state index in [1.54, 1.807) is 12.2 Å². The van der Waals surface area contributed by atoms with Crippen LogP contribution in [0.5, 0.6) is 0 Å². The summed E-state index contributed by atoms with van der Waals surface area (Å²) in [4.78, 5) is 23.4. The molecular weight excluding hydrogens is 220 g/mol. The van der Waals surface area contributed by atoms with Gasteiger partial charge < -0.3 is 9.47 Å². The Morgan fingerprint density at radius 2 is 1.41 bits per heavy atom. The van der Waals surface area contributed by atoms with Gasteiger partial charge in [0.05, 0.1) is 25.4 Å². The first kappa shape index (κ1) is 13.2. The van der Waals surface area contributed by atoms with E-state index in [4.69, 9.17) is 9.47 Å². The fourth-order valence-electron chi connectivity index (χ4n) is 2.08. The Balaban J connectivity index is 3.31. The number of carbonyl (C=O) groups is 2. The van der Waals surface area contributed by atoms with Gasteiger partial charge in [-0.1, -0.05) is 12.2 Å². The Bertz CT molecular complexity index is 356. The van der Waals surface area contributed by atoms with E-state index in [2.05, 4.69) is 13.2 Å². The summed E-state index contributed by atoms with van der Waals surface area (Å²) < 4.78 is 9.39. The van der Waals surface area contributed by atoms with Crippen molar-refractivity contribution in [1.29, 1.82) is 0 Å². The molecule has 17 heavy (non-hydrogen) atoms. The lowest BCUT2D eigenvalue weighted by atomic mass is 9.99. The van der Waals surface area contributed by atoms with Crippen molar-refractivity contribution in [3.8, 4) is 0 Å². The van der Waals surface area contributed by atoms with Crippen LogP contribution in [0.15, 0.2) is 36.5 Å². The normalized spacial score (nSPS) is 23.2. The summed E-state index contributed by atoms with van der Waals surface area (Å²) in [6.45, 7) is 7.34. The van der Waals surface area contributed by atoms with Crippen molar-refractivity contribution in [2.45, 2.75) is 6.42 Å². The summed E-state index contributed by atoms with van der Waals surface area (Å²) >= 11 is 0. The third kappa shape index (κ3) is 2.30. The van der Waals surface area contributed by atoms with Crippen molar-refractivity contribution in [3.05, 3.63) is 36.5 Å². The molecule has 0 fully saturated rings. The van der Waals surface area contributed by atoms with Gasteiger partial charge in [-0.2, -0.15) is 0 Å². The number of carbonyl (C=O) groups excluding carboxylic acids is 2. The maximum atomic E-state index is 11.7. The van der Waals surface area contributed by atoms with Crippen LogP contribution in [-0.2, 0) is 19.1 Å². The Kier molecular flexibility index (Phi) is 4.26. The predicted molar refractivity (Wildman–Crippen MR) is 63.0 cm³/mol. The van der Waals surface area contributed by atoms with Crippen LogP contribution in [0, 0.1) is 11.8 Å². The number of methoxy groups -OCH3 is 2. The predicted octanol–water partition coefficient (Wildman–Crippen LogP) is 1.64. The molecular formula is C13H16O4. The van der Waals surface area contributed by atoms with Gasteiger partial charge in [0.1, 0.15) is 0 Å². The van der Waals surface area contributed by atoms with Gasteiger partial charge in [-0.3, -0.25) is 0 Å². The number of hydrogen-bond acceptors (Lipinski definition) is 4. The van der Waals surface area contributed by atoms with Crippen molar-refractivity contribution in [1.82, 2.24) is 0 Å². The molecule has 2 atom stereocenters. The minimum absolute atomic E-state index is 0.195. The van der Waals surface area contributed by atoms with E-state index >= 15 is 0 Å². The van der Waals surface area contributed by atoms with Gasteiger partial charge >= 0.3 is 11.9 Å². The second-order valence-corrected chi connectivity index (χ2v) is 3.73. The summed E-state index contributed by atoms with van der Waals surface area (Å²) in [5, 5.41) is 0. The molecule has 0 spiro atoms. The van der Waals surface area contributed by atoms with Crippen molar-refractivity contribution in [2.24, 2.45) is 11.8 Å². The third-order valence-corrected chi connectivity index (χ3v) is 2.92. The van der Waals surface area contributed by atoms with Crippen LogP contribution >= 0.6 is 0 Å². The summed E-state index contributed by atoms with van der Waals surface area (Å²) in [6.07, 6.45) is 3.87. The fourth-order valence-corrected chi connectivity index (χ4v) is 2.08. The highest BCUT2D eigenvalue weighted by Gasteiger charge is 2.38. The molecule has 0 saturated heterocycles. The third-order valence-electron chi connectivity index (χ3n) is 2.92. The van der Waals surface area contributed by atoms with Crippen LogP contribution in [0.3, 0.4) is 0 Å². The van der Waals surface area contributed by atoms with E-state index in [0.29, 0.717) is 17.6 Å². The van der Waals surface area contributed by atoms with E-state index in [1.807, 2.05) is 0 Å². The topological polar surface area (TPSA) is 52.6 Å². The van der Waals surface area contributed by atoms with E-state index in [-0.39, 0.29) is 11.8 Å². The molecule has 1 aliphatic rings. The molecule has 1 aliphatic carbocycles. The average Bonchev–Trinajstić information content (AvgIpc) is 2.75. The van der Waals surface area contributed by atoms with Gasteiger partial charge in [-0.25, -0.2) is 9.59 Å². The summed E-state index contributed by atoms with van der Waals surface area (Å²) in [5.41, 5.74) is 0.665. The van der Waals surface area contributed by atoms with Crippen LogP contribution in [0.2, 0.25) is 0 Å². The lowest BCUT2D eigenvalue weighted by molar-refractivity contribution is -0.139.